The summed E-state index contributed by atoms with van der Waals surface area (Å²) in [6.45, 7) is 16.9. The van der Waals surface area contributed by atoms with E-state index < -0.39 is 0 Å². The number of pyridine rings is 1. The Balaban J connectivity index is 1.49. The van der Waals surface area contributed by atoms with E-state index in [9.17, 15) is 4.79 Å². The second-order valence-electron chi connectivity index (χ2n) is 12.3. The molecule has 0 unspecified atom stereocenters. The first-order valence-electron chi connectivity index (χ1n) is 13.5. The maximum atomic E-state index is 13.8. The van der Waals surface area contributed by atoms with Gasteiger partial charge in [0, 0.05) is 66.5 Å². The maximum absolute atomic E-state index is 13.8. The Morgan fingerprint density at radius 3 is 2.35 bits per heavy atom. The van der Waals surface area contributed by atoms with Crippen LogP contribution in [0.3, 0.4) is 0 Å². The number of anilines is 1. The van der Waals surface area contributed by atoms with Crippen molar-refractivity contribution in [1.29, 1.82) is 0 Å². The number of rotatable bonds is 5. The van der Waals surface area contributed by atoms with Gasteiger partial charge in [0.2, 0.25) is 0 Å². The lowest BCUT2D eigenvalue weighted by Crippen LogP contribution is -2.62. The van der Waals surface area contributed by atoms with E-state index in [1.165, 1.54) is 0 Å². The van der Waals surface area contributed by atoms with E-state index in [2.05, 4.69) is 85.7 Å². The van der Waals surface area contributed by atoms with Crippen molar-refractivity contribution in [3.05, 3.63) is 42.2 Å². The van der Waals surface area contributed by atoms with Gasteiger partial charge < -0.3 is 20.9 Å². The second kappa shape index (κ2) is 9.72. The Hall–Kier alpha value is -2.97. The number of nitrogens with zero attached hydrogens (tertiary/aromatic N) is 4. The van der Waals surface area contributed by atoms with Crippen molar-refractivity contribution in [2.45, 2.75) is 77.5 Å². The first-order chi connectivity index (χ1) is 17.5. The predicted molar refractivity (Wildman–Crippen MR) is 150 cm³/mol. The van der Waals surface area contributed by atoms with Crippen LogP contribution in [0.1, 0.15) is 70.8 Å². The zero-order chi connectivity index (χ0) is 26.4. The van der Waals surface area contributed by atoms with E-state index in [-0.39, 0.29) is 29.1 Å². The lowest BCUT2D eigenvalue weighted by Gasteiger charge is -2.46. The normalized spacial score (nSPS) is 19.9. The molecule has 2 saturated heterocycles. The molecule has 1 aromatic carbocycles. The van der Waals surface area contributed by atoms with Crippen LogP contribution in [0.15, 0.2) is 36.7 Å². The molecule has 37 heavy (non-hydrogen) atoms. The van der Waals surface area contributed by atoms with E-state index in [0.29, 0.717) is 5.56 Å². The molecule has 0 aliphatic carbocycles. The SMILES string of the molecule is CC(C)n1ncc2c(C(=O)NC3CC(C)(C)NC(C)(C)C3)cc(-c3ccc(N4CCNCC4)nc3)cc21. The fourth-order valence-electron chi connectivity index (χ4n) is 6.24. The maximum Gasteiger partial charge on any atom is 0.252 e. The van der Waals surface area contributed by atoms with Crippen molar-refractivity contribution >= 4 is 22.6 Å². The van der Waals surface area contributed by atoms with Gasteiger partial charge in [-0.05, 0) is 84.2 Å². The summed E-state index contributed by atoms with van der Waals surface area (Å²) in [4.78, 5) is 20.9. The molecule has 2 fully saturated rings. The van der Waals surface area contributed by atoms with E-state index >= 15 is 0 Å². The first kappa shape index (κ1) is 25.7. The summed E-state index contributed by atoms with van der Waals surface area (Å²) in [5.74, 6) is 0.951. The molecule has 4 heterocycles. The van der Waals surface area contributed by atoms with Crippen LogP contribution in [0.5, 0.6) is 0 Å². The number of hydrogen-bond acceptors (Lipinski definition) is 6. The Morgan fingerprint density at radius 2 is 1.73 bits per heavy atom. The van der Waals surface area contributed by atoms with Crippen LogP contribution in [0.4, 0.5) is 5.82 Å². The van der Waals surface area contributed by atoms with Crippen LogP contribution in [-0.4, -0.2) is 64.0 Å². The van der Waals surface area contributed by atoms with E-state index in [1.807, 2.05) is 23.1 Å². The zero-order valence-corrected chi connectivity index (χ0v) is 23.1. The molecule has 198 valence electrons. The van der Waals surface area contributed by atoms with Crippen LogP contribution in [0.2, 0.25) is 0 Å². The van der Waals surface area contributed by atoms with Gasteiger partial charge in [-0.3, -0.25) is 9.48 Å². The zero-order valence-electron chi connectivity index (χ0n) is 23.1. The number of carbonyl (C=O) groups is 1. The van der Waals surface area contributed by atoms with Gasteiger partial charge in [0.1, 0.15) is 5.82 Å². The molecule has 2 aliphatic heterocycles. The third-order valence-electron chi connectivity index (χ3n) is 7.50. The highest BCUT2D eigenvalue weighted by atomic mass is 16.1. The summed E-state index contributed by atoms with van der Waals surface area (Å²) >= 11 is 0. The fourth-order valence-corrected chi connectivity index (χ4v) is 6.24. The van der Waals surface area contributed by atoms with Gasteiger partial charge in [0.15, 0.2) is 0 Å². The van der Waals surface area contributed by atoms with Crippen molar-refractivity contribution < 1.29 is 4.79 Å². The third-order valence-corrected chi connectivity index (χ3v) is 7.50. The molecule has 8 nitrogen and oxygen atoms in total. The quantitative estimate of drug-likeness (QED) is 0.485. The minimum atomic E-state index is -0.0444. The molecule has 0 radical (unpaired) electrons. The lowest BCUT2D eigenvalue weighted by molar-refractivity contribution is 0.0875. The average molecular weight is 504 g/mol. The largest absolute Gasteiger partial charge is 0.354 e. The Kier molecular flexibility index (Phi) is 6.75. The lowest BCUT2D eigenvalue weighted by atomic mass is 9.79. The molecule has 0 atom stereocenters. The number of piperidine rings is 1. The Labute approximate surface area is 220 Å². The van der Waals surface area contributed by atoms with Crippen molar-refractivity contribution in [1.82, 2.24) is 30.7 Å². The summed E-state index contributed by atoms with van der Waals surface area (Å²) in [7, 11) is 0. The minimum absolute atomic E-state index is 0.0425. The summed E-state index contributed by atoms with van der Waals surface area (Å²) in [5.41, 5.74) is 3.52. The Morgan fingerprint density at radius 1 is 1.03 bits per heavy atom. The number of hydrogen-bond donors (Lipinski definition) is 3. The van der Waals surface area contributed by atoms with Gasteiger partial charge in [-0.2, -0.15) is 5.10 Å². The molecule has 0 spiro atoms. The average Bonchev–Trinajstić information content (AvgIpc) is 3.26. The summed E-state index contributed by atoms with van der Waals surface area (Å²) in [6, 6.07) is 8.62. The van der Waals surface area contributed by atoms with E-state index in [0.717, 1.165) is 66.9 Å². The van der Waals surface area contributed by atoms with E-state index in [1.54, 1.807) is 0 Å². The summed E-state index contributed by atoms with van der Waals surface area (Å²) < 4.78 is 1.99. The highest BCUT2D eigenvalue weighted by Gasteiger charge is 2.38. The van der Waals surface area contributed by atoms with Gasteiger partial charge in [-0.25, -0.2) is 4.98 Å². The molecule has 2 aromatic heterocycles. The van der Waals surface area contributed by atoms with Crippen molar-refractivity contribution in [2.75, 3.05) is 31.1 Å². The first-order valence-corrected chi connectivity index (χ1v) is 13.5. The standard InChI is InChI=1S/C29H41N7O/c1-19(2)36-25-14-21(20-7-8-26(31-17-20)35-11-9-30-10-12-35)13-23(24(25)18-32-36)27(37)33-22-15-28(3,4)34-29(5,6)16-22/h7-8,13-14,17-19,22,30,34H,9-12,15-16H2,1-6H3,(H,33,37). The number of amides is 1. The van der Waals surface area contributed by atoms with Gasteiger partial charge in [0.05, 0.1) is 17.3 Å². The molecular formula is C29H41N7O. The molecule has 0 bridgehead atoms. The third kappa shape index (κ3) is 5.50. The molecule has 2 aliphatic rings. The molecule has 5 rings (SSSR count). The topological polar surface area (TPSA) is 87.1 Å². The van der Waals surface area contributed by atoms with Crippen LogP contribution in [0.25, 0.3) is 22.0 Å². The van der Waals surface area contributed by atoms with Crippen molar-refractivity contribution in [2.24, 2.45) is 0 Å². The molecule has 1 amide bonds. The number of benzene rings is 1. The highest BCUT2D eigenvalue weighted by molar-refractivity contribution is 6.08. The van der Waals surface area contributed by atoms with E-state index in [4.69, 9.17) is 4.98 Å². The summed E-state index contributed by atoms with van der Waals surface area (Å²) in [6.07, 6.45) is 5.52. The van der Waals surface area contributed by atoms with Crippen LogP contribution >= 0.6 is 0 Å². The highest BCUT2D eigenvalue weighted by Crippen LogP contribution is 2.32. The van der Waals surface area contributed by atoms with Gasteiger partial charge in [-0.15, -0.1) is 0 Å². The number of nitrogens with one attached hydrogen (secondary N) is 3. The van der Waals surface area contributed by atoms with Crippen molar-refractivity contribution in [3.63, 3.8) is 0 Å². The van der Waals surface area contributed by atoms with Gasteiger partial charge >= 0.3 is 0 Å². The fraction of sp³-hybridized carbons (Fsp3) is 0.552. The number of aromatic nitrogens is 3. The molecule has 3 N–H and O–H groups in total. The smallest absolute Gasteiger partial charge is 0.252 e. The molecular weight excluding hydrogens is 462 g/mol. The monoisotopic (exact) mass is 503 g/mol. The Bertz CT molecular complexity index is 1250. The van der Waals surface area contributed by atoms with Gasteiger partial charge in [0.25, 0.3) is 5.91 Å². The minimum Gasteiger partial charge on any atom is -0.354 e. The predicted octanol–water partition coefficient (Wildman–Crippen LogP) is 4.13. The van der Waals surface area contributed by atoms with Crippen LogP contribution in [-0.2, 0) is 0 Å². The van der Waals surface area contributed by atoms with Gasteiger partial charge in [-0.1, -0.05) is 0 Å². The molecule has 3 aromatic rings. The molecule has 8 heteroatoms. The number of carbonyl (C=O) groups excluding carboxylic acids is 1. The van der Waals surface area contributed by atoms with Crippen LogP contribution < -0.4 is 20.9 Å². The van der Waals surface area contributed by atoms with Crippen LogP contribution in [0, 0.1) is 0 Å². The molecule has 0 saturated carbocycles. The number of fused-ring (bicyclic) bond motifs is 1. The summed E-state index contributed by atoms with van der Waals surface area (Å²) in [5, 5.41) is 16.0. The second-order valence-corrected chi connectivity index (χ2v) is 12.3. The van der Waals surface area contributed by atoms with Crippen molar-refractivity contribution in [3.8, 4) is 11.1 Å². The number of piperazine rings is 1.